The van der Waals surface area contributed by atoms with Crippen LogP contribution in [0.25, 0.3) is 6.08 Å². The van der Waals surface area contributed by atoms with Crippen molar-refractivity contribution in [3.63, 3.8) is 0 Å². The van der Waals surface area contributed by atoms with E-state index in [0.29, 0.717) is 17.7 Å². The molecule has 230 valence electrons. The van der Waals surface area contributed by atoms with E-state index in [2.05, 4.69) is 10.6 Å². The van der Waals surface area contributed by atoms with Crippen LogP contribution in [0.15, 0.2) is 150 Å². The molecular formula is C39H35N3O3S. The average molecular weight is 626 g/mol. The molecule has 0 heterocycles. The SMILES string of the molecule is CCC(Sc1ccc(NC(=O)/C(=C/c2ccc(C)cc2)NC(=O)c2ccccc2)cc1)C(=O)N(c1ccccc1)c1ccccc1. The Morgan fingerprint density at radius 1 is 0.717 bits per heavy atom. The van der Waals surface area contributed by atoms with E-state index in [1.807, 2.05) is 117 Å². The zero-order chi connectivity index (χ0) is 32.3. The molecule has 5 aromatic carbocycles. The molecule has 1 atom stereocenters. The van der Waals surface area contributed by atoms with Gasteiger partial charge in [-0.25, -0.2) is 0 Å². The fraction of sp³-hybridized carbons (Fsp3) is 0.103. The van der Waals surface area contributed by atoms with Crippen LogP contribution in [-0.2, 0) is 9.59 Å². The number of thioether (sulfide) groups is 1. The molecule has 46 heavy (non-hydrogen) atoms. The molecular weight excluding hydrogens is 591 g/mol. The highest BCUT2D eigenvalue weighted by atomic mass is 32.2. The Balaban J connectivity index is 1.31. The summed E-state index contributed by atoms with van der Waals surface area (Å²) in [6.45, 7) is 3.99. The van der Waals surface area contributed by atoms with Crippen LogP contribution in [0.3, 0.4) is 0 Å². The highest BCUT2D eigenvalue weighted by Gasteiger charge is 2.26. The number of hydrogen-bond donors (Lipinski definition) is 2. The second-order valence-corrected chi connectivity index (χ2v) is 11.9. The Bertz CT molecular complexity index is 1750. The number of anilines is 3. The molecule has 0 saturated carbocycles. The number of carbonyl (C=O) groups is 3. The zero-order valence-corrected chi connectivity index (χ0v) is 26.5. The van der Waals surface area contributed by atoms with Crippen LogP contribution in [0.5, 0.6) is 0 Å². The van der Waals surface area contributed by atoms with Gasteiger partial charge in [0, 0.05) is 27.5 Å². The maximum atomic E-state index is 13.9. The number of aryl methyl sites for hydroxylation is 1. The van der Waals surface area contributed by atoms with Gasteiger partial charge < -0.3 is 10.6 Å². The summed E-state index contributed by atoms with van der Waals surface area (Å²) in [5.74, 6) is -0.841. The molecule has 0 aliphatic rings. The van der Waals surface area contributed by atoms with Crippen molar-refractivity contribution in [3.05, 3.63) is 162 Å². The number of hydrogen-bond acceptors (Lipinski definition) is 4. The van der Waals surface area contributed by atoms with Crippen molar-refractivity contribution in [1.82, 2.24) is 5.32 Å². The normalized spacial score (nSPS) is 11.7. The molecule has 0 aliphatic heterocycles. The van der Waals surface area contributed by atoms with Gasteiger partial charge in [0.25, 0.3) is 11.8 Å². The Morgan fingerprint density at radius 2 is 1.26 bits per heavy atom. The lowest BCUT2D eigenvalue weighted by molar-refractivity contribution is -0.117. The quantitative estimate of drug-likeness (QED) is 0.114. The highest BCUT2D eigenvalue weighted by molar-refractivity contribution is 8.00. The maximum absolute atomic E-state index is 13.9. The molecule has 0 aliphatic carbocycles. The molecule has 3 amide bonds. The molecule has 0 spiro atoms. The molecule has 0 fully saturated rings. The summed E-state index contributed by atoms with van der Waals surface area (Å²) in [4.78, 5) is 43.0. The van der Waals surface area contributed by atoms with Crippen LogP contribution in [0, 0.1) is 6.92 Å². The lowest BCUT2D eigenvalue weighted by Crippen LogP contribution is -2.34. The van der Waals surface area contributed by atoms with E-state index in [1.165, 1.54) is 11.8 Å². The van der Waals surface area contributed by atoms with Crippen molar-refractivity contribution < 1.29 is 14.4 Å². The van der Waals surface area contributed by atoms with E-state index >= 15 is 0 Å². The Kier molecular flexibility index (Phi) is 10.8. The van der Waals surface area contributed by atoms with Gasteiger partial charge in [-0.05, 0) is 85.6 Å². The Labute approximate surface area is 274 Å². The number of nitrogens with zero attached hydrogens (tertiary/aromatic N) is 1. The fourth-order valence-electron chi connectivity index (χ4n) is 4.76. The summed E-state index contributed by atoms with van der Waals surface area (Å²) < 4.78 is 0. The van der Waals surface area contributed by atoms with E-state index in [-0.39, 0.29) is 22.8 Å². The first-order valence-electron chi connectivity index (χ1n) is 15.1. The molecule has 0 saturated heterocycles. The van der Waals surface area contributed by atoms with Crippen LogP contribution < -0.4 is 15.5 Å². The van der Waals surface area contributed by atoms with Gasteiger partial charge in [0.05, 0.1) is 5.25 Å². The van der Waals surface area contributed by atoms with Crippen LogP contribution in [0.2, 0.25) is 0 Å². The highest BCUT2D eigenvalue weighted by Crippen LogP contribution is 2.33. The third-order valence-electron chi connectivity index (χ3n) is 7.20. The summed E-state index contributed by atoms with van der Waals surface area (Å²) in [5, 5.41) is 5.34. The zero-order valence-electron chi connectivity index (χ0n) is 25.7. The monoisotopic (exact) mass is 625 g/mol. The van der Waals surface area contributed by atoms with Crippen LogP contribution in [0.4, 0.5) is 17.1 Å². The lowest BCUT2D eigenvalue weighted by Gasteiger charge is -2.27. The van der Waals surface area contributed by atoms with Crippen molar-refractivity contribution in [3.8, 4) is 0 Å². The number of carbonyl (C=O) groups excluding carboxylic acids is 3. The number of benzene rings is 5. The van der Waals surface area contributed by atoms with Crippen molar-refractivity contribution in [2.45, 2.75) is 30.4 Å². The minimum atomic E-state index is -0.451. The van der Waals surface area contributed by atoms with Crippen molar-refractivity contribution >= 4 is 52.6 Å². The van der Waals surface area contributed by atoms with E-state index < -0.39 is 5.91 Å². The van der Waals surface area contributed by atoms with Crippen molar-refractivity contribution in [2.24, 2.45) is 0 Å². The standard InChI is InChI=1S/C39H35N3O3S/c1-3-36(39(45)42(32-15-9-5-10-16-32)33-17-11-6-12-18-33)46-34-25-23-31(24-26-34)40-38(44)35(27-29-21-19-28(2)20-22-29)41-37(43)30-13-7-4-8-14-30/h4-27,36H,3H2,1-2H3,(H,40,44)(H,41,43)/b35-27-. The minimum absolute atomic E-state index is 0.0117. The molecule has 7 heteroatoms. The van der Waals surface area contributed by atoms with Crippen LogP contribution in [0.1, 0.15) is 34.8 Å². The average Bonchev–Trinajstić information content (AvgIpc) is 3.10. The first-order chi connectivity index (χ1) is 22.4. The summed E-state index contributed by atoms with van der Waals surface area (Å²) in [6.07, 6.45) is 2.29. The fourth-order valence-corrected chi connectivity index (χ4v) is 5.76. The second-order valence-electron chi connectivity index (χ2n) is 10.6. The van der Waals surface area contributed by atoms with E-state index in [1.54, 1.807) is 47.4 Å². The molecule has 0 aromatic heterocycles. The minimum Gasteiger partial charge on any atom is -0.321 e. The third kappa shape index (κ3) is 8.40. The molecule has 6 nitrogen and oxygen atoms in total. The molecule has 0 radical (unpaired) electrons. The van der Waals surface area contributed by atoms with Gasteiger partial charge in [0.1, 0.15) is 5.70 Å². The first-order valence-corrected chi connectivity index (χ1v) is 16.0. The number of nitrogens with one attached hydrogen (secondary N) is 2. The van der Waals surface area contributed by atoms with Crippen molar-refractivity contribution in [1.29, 1.82) is 0 Å². The predicted octanol–water partition coefficient (Wildman–Crippen LogP) is 8.64. The predicted molar refractivity (Wildman–Crippen MR) is 188 cm³/mol. The molecule has 5 aromatic rings. The van der Waals surface area contributed by atoms with Crippen molar-refractivity contribution in [2.75, 3.05) is 10.2 Å². The van der Waals surface area contributed by atoms with Gasteiger partial charge in [0.2, 0.25) is 5.91 Å². The van der Waals surface area contributed by atoms with Crippen LogP contribution in [-0.4, -0.2) is 23.0 Å². The van der Waals surface area contributed by atoms with Gasteiger partial charge >= 0.3 is 0 Å². The largest absolute Gasteiger partial charge is 0.321 e. The number of rotatable bonds is 11. The van der Waals surface area contributed by atoms with Gasteiger partial charge in [0.15, 0.2) is 0 Å². The number of para-hydroxylation sites is 2. The third-order valence-corrected chi connectivity index (χ3v) is 8.57. The Morgan fingerprint density at radius 3 is 1.80 bits per heavy atom. The summed E-state index contributed by atoms with van der Waals surface area (Å²) >= 11 is 1.49. The molecule has 1 unspecified atom stereocenters. The molecule has 5 rings (SSSR count). The van der Waals surface area contributed by atoms with Gasteiger partial charge in [-0.15, -0.1) is 11.8 Å². The smallest absolute Gasteiger partial charge is 0.272 e. The second kappa shape index (κ2) is 15.5. The molecule has 0 bridgehead atoms. The van der Waals surface area contributed by atoms with E-state index in [9.17, 15) is 14.4 Å². The summed E-state index contributed by atoms with van der Waals surface area (Å²) in [7, 11) is 0. The summed E-state index contributed by atoms with van der Waals surface area (Å²) in [6, 6.07) is 43.1. The Hall–Kier alpha value is -5.40. The number of amides is 3. The maximum Gasteiger partial charge on any atom is 0.272 e. The molecule has 2 N–H and O–H groups in total. The first kappa shape index (κ1) is 32.0. The van der Waals surface area contributed by atoms with E-state index in [4.69, 9.17) is 0 Å². The van der Waals surface area contributed by atoms with E-state index in [0.717, 1.165) is 27.4 Å². The topological polar surface area (TPSA) is 78.5 Å². The van der Waals surface area contributed by atoms with Crippen LogP contribution >= 0.6 is 11.8 Å². The van der Waals surface area contributed by atoms with Gasteiger partial charge in [-0.2, -0.15) is 0 Å². The summed E-state index contributed by atoms with van der Waals surface area (Å²) in [5.41, 5.74) is 4.63. The lowest BCUT2D eigenvalue weighted by atomic mass is 10.1. The van der Waals surface area contributed by atoms with Gasteiger partial charge in [-0.1, -0.05) is 91.3 Å². The van der Waals surface area contributed by atoms with Gasteiger partial charge in [-0.3, -0.25) is 19.3 Å².